The SMILES string of the molecule is CCCN(CC(=O)O)CC(=O)Nc1ccc(Cl)c([N+](=O)[O-])c1.Cl. The van der Waals surface area contributed by atoms with Crippen molar-refractivity contribution in [3.8, 4) is 0 Å². The van der Waals surface area contributed by atoms with Gasteiger partial charge in [0.05, 0.1) is 18.0 Å². The molecule has 0 saturated carbocycles. The molecule has 1 rings (SSSR count). The Morgan fingerprint density at radius 1 is 1.39 bits per heavy atom. The number of carboxylic acid groups (broad SMARTS) is 1. The quantitative estimate of drug-likeness (QED) is 0.540. The number of benzene rings is 1. The van der Waals surface area contributed by atoms with E-state index >= 15 is 0 Å². The summed E-state index contributed by atoms with van der Waals surface area (Å²) in [4.78, 5) is 34.2. The third kappa shape index (κ3) is 7.27. The predicted molar refractivity (Wildman–Crippen MR) is 88.4 cm³/mol. The molecule has 0 bridgehead atoms. The Labute approximate surface area is 144 Å². The lowest BCUT2D eigenvalue weighted by Gasteiger charge is -2.18. The molecule has 128 valence electrons. The van der Waals surface area contributed by atoms with Crippen LogP contribution in [0.25, 0.3) is 0 Å². The first-order valence-electron chi connectivity index (χ1n) is 6.51. The smallest absolute Gasteiger partial charge is 0.317 e. The molecule has 10 heteroatoms. The Kier molecular flexibility index (Phi) is 9.16. The Bertz CT molecular complexity index is 583. The number of anilines is 1. The van der Waals surface area contributed by atoms with E-state index in [0.29, 0.717) is 13.0 Å². The van der Waals surface area contributed by atoms with Gasteiger partial charge in [-0.1, -0.05) is 18.5 Å². The molecule has 1 aromatic carbocycles. The molecule has 0 aliphatic carbocycles. The molecule has 0 radical (unpaired) electrons. The molecule has 23 heavy (non-hydrogen) atoms. The number of nitrogens with one attached hydrogen (secondary N) is 1. The van der Waals surface area contributed by atoms with Crippen molar-refractivity contribution in [3.63, 3.8) is 0 Å². The number of carbonyl (C=O) groups is 2. The zero-order valence-corrected chi connectivity index (χ0v) is 13.9. The fourth-order valence-electron chi connectivity index (χ4n) is 1.86. The molecule has 1 amide bonds. The van der Waals surface area contributed by atoms with Gasteiger partial charge in [0.25, 0.3) is 5.69 Å². The van der Waals surface area contributed by atoms with Crippen molar-refractivity contribution in [3.05, 3.63) is 33.3 Å². The van der Waals surface area contributed by atoms with E-state index in [1.54, 1.807) is 0 Å². The molecular formula is C13H17Cl2N3O5. The number of nitro benzene ring substituents is 1. The van der Waals surface area contributed by atoms with Crippen molar-refractivity contribution in [2.75, 3.05) is 25.0 Å². The number of halogens is 2. The minimum Gasteiger partial charge on any atom is -0.480 e. The molecule has 0 heterocycles. The number of hydrogen-bond acceptors (Lipinski definition) is 5. The minimum atomic E-state index is -1.02. The zero-order chi connectivity index (χ0) is 16.7. The lowest BCUT2D eigenvalue weighted by molar-refractivity contribution is -0.384. The van der Waals surface area contributed by atoms with E-state index in [2.05, 4.69) is 5.32 Å². The molecule has 8 nitrogen and oxygen atoms in total. The van der Waals surface area contributed by atoms with E-state index < -0.39 is 16.8 Å². The van der Waals surface area contributed by atoms with Crippen molar-refractivity contribution in [2.45, 2.75) is 13.3 Å². The Morgan fingerprint density at radius 3 is 2.57 bits per heavy atom. The summed E-state index contributed by atoms with van der Waals surface area (Å²) in [5, 5.41) is 22.0. The Balaban J connectivity index is 0.00000484. The van der Waals surface area contributed by atoms with Gasteiger partial charge in [0.2, 0.25) is 5.91 Å². The highest BCUT2D eigenvalue weighted by Crippen LogP contribution is 2.27. The van der Waals surface area contributed by atoms with Crippen molar-refractivity contribution in [2.24, 2.45) is 0 Å². The van der Waals surface area contributed by atoms with Crippen LogP contribution in [0.3, 0.4) is 0 Å². The number of nitro groups is 1. The third-order valence-electron chi connectivity index (χ3n) is 2.69. The maximum atomic E-state index is 11.9. The van der Waals surface area contributed by atoms with Crippen LogP contribution in [0.4, 0.5) is 11.4 Å². The summed E-state index contributed by atoms with van der Waals surface area (Å²) in [5.41, 5.74) is -0.0803. The summed E-state index contributed by atoms with van der Waals surface area (Å²) in [6.45, 7) is 1.97. The lowest BCUT2D eigenvalue weighted by atomic mass is 10.2. The first kappa shape index (κ1) is 21.1. The van der Waals surface area contributed by atoms with Gasteiger partial charge in [-0.2, -0.15) is 0 Å². The highest BCUT2D eigenvalue weighted by atomic mass is 35.5. The van der Waals surface area contributed by atoms with Gasteiger partial charge in [0, 0.05) is 11.8 Å². The van der Waals surface area contributed by atoms with E-state index in [1.807, 2.05) is 6.92 Å². The fraction of sp³-hybridized carbons (Fsp3) is 0.385. The number of hydrogen-bond donors (Lipinski definition) is 2. The van der Waals surface area contributed by atoms with Crippen LogP contribution in [-0.4, -0.2) is 46.4 Å². The average molecular weight is 366 g/mol. The molecule has 0 aliphatic heterocycles. The summed E-state index contributed by atoms with van der Waals surface area (Å²) in [6.07, 6.45) is 0.701. The van der Waals surface area contributed by atoms with Crippen LogP contribution in [-0.2, 0) is 9.59 Å². The van der Waals surface area contributed by atoms with Crippen molar-refractivity contribution in [1.82, 2.24) is 4.90 Å². The molecule has 2 N–H and O–H groups in total. The molecule has 0 saturated heterocycles. The van der Waals surface area contributed by atoms with Gasteiger partial charge in [-0.25, -0.2) is 0 Å². The van der Waals surface area contributed by atoms with Gasteiger partial charge in [-0.15, -0.1) is 12.4 Å². The molecule has 0 unspecified atom stereocenters. The summed E-state index contributed by atoms with van der Waals surface area (Å²) in [5.74, 6) is -1.48. The maximum absolute atomic E-state index is 11.9. The van der Waals surface area contributed by atoms with Crippen molar-refractivity contribution in [1.29, 1.82) is 0 Å². The minimum absolute atomic E-state index is 0. The van der Waals surface area contributed by atoms with Gasteiger partial charge in [0.15, 0.2) is 0 Å². The van der Waals surface area contributed by atoms with Gasteiger partial charge in [-0.05, 0) is 25.1 Å². The van der Waals surface area contributed by atoms with E-state index in [0.717, 1.165) is 6.07 Å². The third-order valence-corrected chi connectivity index (χ3v) is 3.01. The molecule has 0 aliphatic rings. The second-order valence-electron chi connectivity index (χ2n) is 4.58. The van der Waals surface area contributed by atoms with Crippen LogP contribution >= 0.6 is 24.0 Å². The van der Waals surface area contributed by atoms with Crippen molar-refractivity contribution < 1.29 is 19.6 Å². The van der Waals surface area contributed by atoms with E-state index in [-0.39, 0.29) is 41.9 Å². The molecule has 0 fully saturated rings. The topological polar surface area (TPSA) is 113 Å². The van der Waals surface area contributed by atoms with Crippen LogP contribution in [0.2, 0.25) is 5.02 Å². The zero-order valence-electron chi connectivity index (χ0n) is 12.3. The van der Waals surface area contributed by atoms with Gasteiger partial charge < -0.3 is 10.4 Å². The Hall–Kier alpha value is -1.90. The number of rotatable bonds is 8. The lowest BCUT2D eigenvalue weighted by Crippen LogP contribution is -2.37. The van der Waals surface area contributed by atoms with E-state index in [4.69, 9.17) is 16.7 Å². The highest BCUT2D eigenvalue weighted by molar-refractivity contribution is 6.32. The second-order valence-corrected chi connectivity index (χ2v) is 4.98. The fourth-order valence-corrected chi connectivity index (χ4v) is 2.04. The number of aliphatic carboxylic acids is 1. The first-order chi connectivity index (χ1) is 10.3. The van der Waals surface area contributed by atoms with E-state index in [9.17, 15) is 19.7 Å². The number of amides is 1. The highest BCUT2D eigenvalue weighted by Gasteiger charge is 2.16. The largest absolute Gasteiger partial charge is 0.480 e. The molecule has 0 aromatic heterocycles. The van der Waals surface area contributed by atoms with E-state index in [1.165, 1.54) is 17.0 Å². The normalized spacial score (nSPS) is 10.0. The standard InChI is InChI=1S/C13H16ClN3O5.ClH/c1-2-5-16(8-13(19)20)7-12(18)15-9-3-4-10(14)11(6-9)17(21)22;/h3-4,6H,2,5,7-8H2,1H3,(H,15,18)(H,19,20);1H. The van der Waals surface area contributed by atoms with Crippen LogP contribution in [0.5, 0.6) is 0 Å². The van der Waals surface area contributed by atoms with Gasteiger partial charge in [-0.3, -0.25) is 24.6 Å². The summed E-state index contributed by atoms with van der Waals surface area (Å²) in [6, 6.07) is 3.91. The van der Waals surface area contributed by atoms with Crippen LogP contribution in [0, 0.1) is 10.1 Å². The maximum Gasteiger partial charge on any atom is 0.317 e. The number of carbonyl (C=O) groups excluding carboxylic acids is 1. The van der Waals surface area contributed by atoms with Crippen LogP contribution < -0.4 is 5.32 Å². The molecule has 0 spiro atoms. The summed E-state index contributed by atoms with van der Waals surface area (Å²) < 4.78 is 0. The van der Waals surface area contributed by atoms with Gasteiger partial charge >= 0.3 is 5.97 Å². The first-order valence-corrected chi connectivity index (χ1v) is 6.89. The molecular weight excluding hydrogens is 349 g/mol. The Morgan fingerprint density at radius 2 is 2.04 bits per heavy atom. The van der Waals surface area contributed by atoms with Crippen LogP contribution in [0.1, 0.15) is 13.3 Å². The molecule has 0 atom stereocenters. The number of carboxylic acids is 1. The summed E-state index contributed by atoms with van der Waals surface area (Å²) >= 11 is 5.68. The molecule has 1 aromatic rings. The number of nitrogens with zero attached hydrogens (tertiary/aromatic N) is 2. The monoisotopic (exact) mass is 365 g/mol. The average Bonchev–Trinajstić information content (AvgIpc) is 2.40. The van der Waals surface area contributed by atoms with Crippen LogP contribution in [0.15, 0.2) is 18.2 Å². The second kappa shape index (κ2) is 9.98. The van der Waals surface area contributed by atoms with Crippen molar-refractivity contribution >= 4 is 47.3 Å². The summed E-state index contributed by atoms with van der Waals surface area (Å²) in [7, 11) is 0. The van der Waals surface area contributed by atoms with Gasteiger partial charge in [0.1, 0.15) is 5.02 Å². The predicted octanol–water partition coefficient (Wildman–Crippen LogP) is 2.41.